The molecule has 1 saturated heterocycles. The van der Waals surface area contributed by atoms with E-state index < -0.39 is 12.1 Å². The zero-order valence-corrected chi connectivity index (χ0v) is 10.3. The molecule has 1 atom stereocenters. The minimum Gasteiger partial charge on any atom is -0.479 e. The Balaban J connectivity index is 2.40. The molecule has 0 aromatic carbocycles. The molecule has 3 N–H and O–H groups in total. The van der Waals surface area contributed by atoms with Crippen LogP contribution in [0.1, 0.15) is 26.7 Å². The average molecular weight is 244 g/mol. The summed E-state index contributed by atoms with van der Waals surface area (Å²) in [6.45, 7) is 5.27. The molecule has 0 saturated carbocycles. The van der Waals surface area contributed by atoms with Crippen molar-refractivity contribution in [2.75, 3.05) is 19.6 Å². The fourth-order valence-electron chi connectivity index (χ4n) is 1.98. The fraction of sp³-hybridized carbons (Fsp3) is 0.818. The maximum Gasteiger partial charge on any atom is 0.334 e. The molecule has 6 heteroatoms. The monoisotopic (exact) mass is 244 g/mol. The highest BCUT2D eigenvalue weighted by Gasteiger charge is 2.29. The molecule has 1 rings (SSSR count). The van der Waals surface area contributed by atoms with E-state index in [2.05, 4.69) is 19.2 Å². The Morgan fingerprint density at radius 3 is 2.65 bits per heavy atom. The highest BCUT2D eigenvalue weighted by atomic mass is 16.4. The van der Waals surface area contributed by atoms with Crippen molar-refractivity contribution in [2.24, 2.45) is 5.41 Å². The third-order valence-corrected chi connectivity index (χ3v) is 2.92. The number of carbonyl (C=O) groups is 2. The number of carbonyl (C=O) groups excluding carboxylic acids is 1. The number of hydrogen-bond donors (Lipinski definition) is 3. The smallest absolute Gasteiger partial charge is 0.334 e. The summed E-state index contributed by atoms with van der Waals surface area (Å²) in [4.78, 5) is 23.8. The number of hydrogen-bond acceptors (Lipinski definition) is 3. The first kappa shape index (κ1) is 13.8. The lowest BCUT2D eigenvalue weighted by molar-refractivity contribution is -0.146. The molecule has 6 nitrogen and oxygen atoms in total. The number of urea groups is 1. The molecule has 1 aliphatic heterocycles. The normalized spacial score (nSPS) is 20.8. The number of carboxylic acid groups (broad SMARTS) is 1. The van der Waals surface area contributed by atoms with E-state index in [4.69, 9.17) is 10.2 Å². The van der Waals surface area contributed by atoms with E-state index in [1.165, 1.54) is 0 Å². The SMILES string of the molecule is CC1(C)CCCN(C(=O)NCC(O)C(=O)O)C1. The van der Waals surface area contributed by atoms with Crippen LogP contribution in [0, 0.1) is 5.41 Å². The number of likely N-dealkylation sites (tertiary alicyclic amines) is 1. The van der Waals surface area contributed by atoms with Crippen molar-refractivity contribution in [2.45, 2.75) is 32.8 Å². The van der Waals surface area contributed by atoms with Crippen LogP contribution in [0.4, 0.5) is 4.79 Å². The second-order valence-corrected chi connectivity index (χ2v) is 5.23. The van der Waals surface area contributed by atoms with Gasteiger partial charge < -0.3 is 20.4 Å². The summed E-state index contributed by atoms with van der Waals surface area (Å²) in [6, 6.07) is -0.307. The van der Waals surface area contributed by atoms with Crippen LogP contribution < -0.4 is 5.32 Å². The van der Waals surface area contributed by atoms with Gasteiger partial charge in [0.2, 0.25) is 0 Å². The van der Waals surface area contributed by atoms with Crippen LogP contribution in [-0.2, 0) is 4.79 Å². The molecule has 0 aromatic rings. The van der Waals surface area contributed by atoms with Crippen LogP contribution in [0.3, 0.4) is 0 Å². The number of nitrogens with one attached hydrogen (secondary N) is 1. The van der Waals surface area contributed by atoms with Crippen LogP contribution in [0.5, 0.6) is 0 Å². The Bertz CT molecular complexity index is 304. The molecule has 0 aliphatic carbocycles. The number of piperidine rings is 1. The van der Waals surface area contributed by atoms with E-state index in [1.54, 1.807) is 4.90 Å². The van der Waals surface area contributed by atoms with Gasteiger partial charge in [0.1, 0.15) is 0 Å². The Morgan fingerprint density at radius 2 is 2.12 bits per heavy atom. The van der Waals surface area contributed by atoms with E-state index in [1.807, 2.05) is 0 Å². The van der Waals surface area contributed by atoms with Gasteiger partial charge in [-0.15, -0.1) is 0 Å². The average Bonchev–Trinajstić information content (AvgIpc) is 2.23. The van der Waals surface area contributed by atoms with Gasteiger partial charge in [0, 0.05) is 13.1 Å². The molecule has 1 fully saturated rings. The van der Waals surface area contributed by atoms with Gasteiger partial charge >= 0.3 is 12.0 Å². The molecule has 1 unspecified atom stereocenters. The number of amides is 2. The van der Waals surface area contributed by atoms with Crippen LogP contribution >= 0.6 is 0 Å². The largest absolute Gasteiger partial charge is 0.479 e. The molecule has 98 valence electrons. The third kappa shape index (κ3) is 4.22. The quantitative estimate of drug-likeness (QED) is 0.664. The first-order valence-corrected chi connectivity index (χ1v) is 5.75. The number of rotatable bonds is 3. The number of aliphatic carboxylic acids is 1. The molecule has 0 spiro atoms. The number of aliphatic hydroxyl groups is 1. The Morgan fingerprint density at radius 1 is 1.47 bits per heavy atom. The van der Waals surface area contributed by atoms with E-state index in [0.717, 1.165) is 12.8 Å². The summed E-state index contributed by atoms with van der Waals surface area (Å²) in [7, 11) is 0. The standard InChI is InChI=1S/C11H20N2O4/c1-11(2)4-3-5-13(7-11)10(17)12-6-8(14)9(15)16/h8,14H,3-7H2,1-2H3,(H,12,17)(H,15,16). The topological polar surface area (TPSA) is 89.9 Å². The van der Waals surface area contributed by atoms with E-state index >= 15 is 0 Å². The van der Waals surface area contributed by atoms with Gasteiger partial charge in [-0.1, -0.05) is 13.8 Å². The van der Waals surface area contributed by atoms with E-state index in [9.17, 15) is 9.59 Å². The minimum absolute atomic E-state index is 0.0982. The van der Waals surface area contributed by atoms with Crippen LogP contribution in [-0.4, -0.2) is 52.9 Å². The number of carboxylic acids is 1. The number of nitrogens with zero attached hydrogens (tertiary/aromatic N) is 1. The predicted octanol–water partition coefficient (Wildman–Crippen LogP) is 0.263. The maximum absolute atomic E-state index is 11.7. The lowest BCUT2D eigenvalue weighted by Gasteiger charge is -2.38. The Kier molecular flexibility index (Phi) is 4.34. The summed E-state index contributed by atoms with van der Waals surface area (Å²) in [5, 5.41) is 19.9. The highest BCUT2D eigenvalue weighted by Crippen LogP contribution is 2.28. The van der Waals surface area contributed by atoms with Crippen molar-refractivity contribution in [3.05, 3.63) is 0 Å². The molecule has 1 heterocycles. The molecule has 0 bridgehead atoms. The molecule has 0 radical (unpaired) electrons. The van der Waals surface area contributed by atoms with Crippen molar-refractivity contribution in [3.8, 4) is 0 Å². The van der Waals surface area contributed by atoms with Gasteiger partial charge in [-0.2, -0.15) is 0 Å². The lowest BCUT2D eigenvalue weighted by atomic mass is 9.84. The van der Waals surface area contributed by atoms with Gasteiger partial charge in [-0.3, -0.25) is 0 Å². The zero-order chi connectivity index (χ0) is 13.1. The van der Waals surface area contributed by atoms with Gasteiger partial charge in [-0.05, 0) is 18.3 Å². The second-order valence-electron chi connectivity index (χ2n) is 5.23. The summed E-state index contributed by atoms with van der Waals surface area (Å²) >= 11 is 0. The fourth-order valence-corrected chi connectivity index (χ4v) is 1.98. The zero-order valence-electron chi connectivity index (χ0n) is 10.3. The molecule has 1 aliphatic rings. The summed E-state index contributed by atoms with van der Waals surface area (Å²) in [6.07, 6.45) is 0.480. The third-order valence-electron chi connectivity index (χ3n) is 2.92. The lowest BCUT2D eigenvalue weighted by Crippen LogP contribution is -2.50. The summed E-state index contributed by atoms with van der Waals surface area (Å²) in [5.41, 5.74) is 0.0982. The van der Waals surface area contributed by atoms with Crippen molar-refractivity contribution in [1.82, 2.24) is 10.2 Å². The summed E-state index contributed by atoms with van der Waals surface area (Å²) < 4.78 is 0. The van der Waals surface area contributed by atoms with Crippen LogP contribution in [0.2, 0.25) is 0 Å². The van der Waals surface area contributed by atoms with Crippen LogP contribution in [0.15, 0.2) is 0 Å². The van der Waals surface area contributed by atoms with Gasteiger partial charge in [0.25, 0.3) is 0 Å². The Labute approximate surface area is 101 Å². The van der Waals surface area contributed by atoms with Gasteiger partial charge in [0.15, 0.2) is 6.10 Å². The molecular formula is C11H20N2O4. The number of aliphatic hydroxyl groups excluding tert-OH is 1. The first-order valence-electron chi connectivity index (χ1n) is 5.75. The van der Waals surface area contributed by atoms with Gasteiger partial charge in [-0.25, -0.2) is 9.59 Å². The van der Waals surface area contributed by atoms with E-state index in [-0.39, 0.29) is 18.0 Å². The summed E-state index contributed by atoms with van der Waals surface area (Å²) in [5.74, 6) is -1.33. The van der Waals surface area contributed by atoms with Crippen molar-refractivity contribution in [3.63, 3.8) is 0 Å². The second kappa shape index (κ2) is 5.35. The highest BCUT2D eigenvalue weighted by molar-refractivity contribution is 5.76. The molecular weight excluding hydrogens is 224 g/mol. The van der Waals surface area contributed by atoms with Gasteiger partial charge in [0.05, 0.1) is 6.54 Å². The first-order chi connectivity index (χ1) is 7.82. The molecule has 2 amide bonds. The molecule has 0 aromatic heterocycles. The maximum atomic E-state index is 11.7. The molecule has 17 heavy (non-hydrogen) atoms. The van der Waals surface area contributed by atoms with E-state index in [0.29, 0.717) is 13.1 Å². The van der Waals surface area contributed by atoms with Crippen molar-refractivity contribution < 1.29 is 19.8 Å². The van der Waals surface area contributed by atoms with Crippen molar-refractivity contribution >= 4 is 12.0 Å². The predicted molar refractivity (Wildman–Crippen MR) is 61.6 cm³/mol. The van der Waals surface area contributed by atoms with Crippen LogP contribution in [0.25, 0.3) is 0 Å². The van der Waals surface area contributed by atoms with Crippen molar-refractivity contribution in [1.29, 1.82) is 0 Å². The Hall–Kier alpha value is -1.30. The minimum atomic E-state index is -1.54.